The van der Waals surface area contributed by atoms with Crippen LogP contribution in [-0.2, 0) is 10.2 Å². The highest BCUT2D eigenvalue weighted by atomic mass is 16.2. The fraction of sp³-hybridized carbons (Fsp3) is 0.350. The van der Waals surface area contributed by atoms with Crippen LogP contribution in [0.25, 0.3) is 0 Å². The van der Waals surface area contributed by atoms with Crippen molar-refractivity contribution in [3.8, 4) is 0 Å². The zero-order chi connectivity index (χ0) is 18.5. The minimum atomic E-state index is -0.593. The third kappa shape index (κ3) is 2.29. The predicted molar refractivity (Wildman–Crippen MR) is 100 cm³/mol. The number of aryl methyl sites for hydroxylation is 1. The molecule has 0 saturated carbocycles. The molecule has 134 valence electrons. The monoisotopic (exact) mass is 350 g/mol. The van der Waals surface area contributed by atoms with Gasteiger partial charge >= 0.3 is 0 Å². The lowest BCUT2D eigenvalue weighted by atomic mass is 9.75. The van der Waals surface area contributed by atoms with Gasteiger partial charge in [0.25, 0.3) is 5.91 Å². The van der Waals surface area contributed by atoms with Crippen molar-refractivity contribution in [2.75, 3.05) is 29.9 Å². The number of aromatic nitrogens is 1. The molecule has 6 heteroatoms. The lowest BCUT2D eigenvalue weighted by molar-refractivity contribution is -0.123. The van der Waals surface area contributed by atoms with Gasteiger partial charge < -0.3 is 15.5 Å². The first-order chi connectivity index (χ1) is 12.4. The number of benzene rings is 1. The lowest BCUT2D eigenvalue weighted by Gasteiger charge is -2.40. The highest BCUT2D eigenvalue weighted by molar-refractivity contribution is 6.08. The third-order valence-corrected chi connectivity index (χ3v) is 5.57. The molecule has 2 aliphatic heterocycles. The van der Waals surface area contributed by atoms with E-state index < -0.39 is 11.3 Å². The first kappa shape index (κ1) is 16.6. The number of carbonyl (C=O) groups is 2. The maximum absolute atomic E-state index is 13.2. The van der Waals surface area contributed by atoms with Crippen LogP contribution < -0.4 is 15.5 Å². The number of para-hydroxylation sites is 1. The summed E-state index contributed by atoms with van der Waals surface area (Å²) in [6.07, 6.45) is 1.64. The number of likely N-dealkylation sites (N-methyl/N-ethyl adjacent to an activating group) is 1. The van der Waals surface area contributed by atoms with Gasteiger partial charge in [-0.05, 0) is 43.5 Å². The molecule has 1 fully saturated rings. The normalized spacial score (nSPS) is 22.0. The van der Waals surface area contributed by atoms with E-state index in [2.05, 4.69) is 4.98 Å². The first-order valence-corrected chi connectivity index (χ1v) is 8.84. The molecule has 0 aliphatic carbocycles. The summed E-state index contributed by atoms with van der Waals surface area (Å²) >= 11 is 0. The molecular formula is C20H22N4O2. The fourth-order valence-electron chi connectivity index (χ4n) is 4.32. The SMILES string of the molecule is Cc1ccc(C(N)=O)c(N2CCCC3(C2)C(=O)N(C)c2ccccc23)n1. The minimum Gasteiger partial charge on any atom is -0.365 e. The number of carbonyl (C=O) groups excluding carboxylic acids is 2. The molecule has 0 bridgehead atoms. The van der Waals surface area contributed by atoms with Crippen molar-refractivity contribution in [3.05, 3.63) is 53.2 Å². The maximum atomic E-state index is 13.2. The van der Waals surface area contributed by atoms with Crippen molar-refractivity contribution >= 4 is 23.3 Å². The Labute approximate surface area is 152 Å². The molecule has 2 amide bonds. The minimum absolute atomic E-state index is 0.108. The van der Waals surface area contributed by atoms with E-state index in [1.54, 1.807) is 17.0 Å². The molecule has 6 nitrogen and oxygen atoms in total. The Kier molecular flexibility index (Phi) is 3.72. The van der Waals surface area contributed by atoms with Gasteiger partial charge in [-0.3, -0.25) is 9.59 Å². The molecule has 2 aromatic rings. The van der Waals surface area contributed by atoms with Gasteiger partial charge in [-0.1, -0.05) is 18.2 Å². The lowest BCUT2D eigenvalue weighted by Crippen LogP contribution is -2.52. The zero-order valence-electron chi connectivity index (χ0n) is 15.0. The van der Waals surface area contributed by atoms with Gasteiger partial charge in [0.2, 0.25) is 5.91 Å². The van der Waals surface area contributed by atoms with E-state index in [0.717, 1.165) is 36.3 Å². The molecule has 1 spiro atoms. The molecule has 1 saturated heterocycles. The zero-order valence-corrected chi connectivity index (χ0v) is 15.0. The summed E-state index contributed by atoms with van der Waals surface area (Å²) in [6.45, 7) is 3.14. The molecule has 0 radical (unpaired) electrons. The molecule has 26 heavy (non-hydrogen) atoms. The van der Waals surface area contributed by atoms with Crippen molar-refractivity contribution < 1.29 is 9.59 Å². The second-order valence-electron chi connectivity index (χ2n) is 7.18. The summed E-state index contributed by atoms with van der Waals surface area (Å²) in [4.78, 5) is 33.4. The van der Waals surface area contributed by atoms with Crippen molar-refractivity contribution in [2.24, 2.45) is 5.73 Å². The Morgan fingerprint density at radius 1 is 1.23 bits per heavy atom. The highest BCUT2D eigenvalue weighted by Gasteiger charge is 2.52. The first-order valence-electron chi connectivity index (χ1n) is 8.84. The number of hydrogen-bond acceptors (Lipinski definition) is 4. The van der Waals surface area contributed by atoms with Crippen LogP contribution in [0.4, 0.5) is 11.5 Å². The van der Waals surface area contributed by atoms with E-state index in [0.29, 0.717) is 17.9 Å². The average Bonchev–Trinajstić information content (AvgIpc) is 2.84. The highest BCUT2D eigenvalue weighted by Crippen LogP contribution is 2.46. The van der Waals surface area contributed by atoms with Crippen molar-refractivity contribution in [2.45, 2.75) is 25.2 Å². The Hall–Kier alpha value is -2.89. The van der Waals surface area contributed by atoms with Crippen LogP contribution in [-0.4, -0.2) is 36.9 Å². The smallest absolute Gasteiger partial charge is 0.252 e. The fourth-order valence-corrected chi connectivity index (χ4v) is 4.32. The van der Waals surface area contributed by atoms with E-state index in [1.165, 1.54) is 0 Å². The molecule has 1 unspecified atom stereocenters. The van der Waals surface area contributed by atoms with Gasteiger partial charge in [0, 0.05) is 31.5 Å². The number of rotatable bonds is 2. The Morgan fingerprint density at radius 2 is 2.00 bits per heavy atom. The number of nitrogens with two attached hydrogens (primary N) is 1. The van der Waals surface area contributed by atoms with E-state index in [4.69, 9.17) is 5.73 Å². The van der Waals surface area contributed by atoms with Crippen LogP contribution in [0.15, 0.2) is 36.4 Å². The van der Waals surface area contributed by atoms with Gasteiger partial charge in [-0.15, -0.1) is 0 Å². The van der Waals surface area contributed by atoms with Gasteiger partial charge in [0.1, 0.15) is 5.82 Å². The number of pyridine rings is 1. The largest absolute Gasteiger partial charge is 0.365 e. The van der Waals surface area contributed by atoms with E-state index >= 15 is 0 Å². The van der Waals surface area contributed by atoms with Crippen LogP contribution in [0.5, 0.6) is 0 Å². The molecule has 1 aromatic heterocycles. The van der Waals surface area contributed by atoms with Gasteiger partial charge in [0.05, 0.1) is 11.0 Å². The summed E-state index contributed by atoms with van der Waals surface area (Å²) in [7, 11) is 1.83. The van der Waals surface area contributed by atoms with Crippen LogP contribution in [0.1, 0.15) is 34.5 Å². The van der Waals surface area contributed by atoms with E-state index in [-0.39, 0.29) is 5.91 Å². The molecule has 3 heterocycles. The molecular weight excluding hydrogens is 328 g/mol. The topological polar surface area (TPSA) is 79.5 Å². The van der Waals surface area contributed by atoms with Crippen molar-refractivity contribution in [3.63, 3.8) is 0 Å². The average molecular weight is 350 g/mol. The Morgan fingerprint density at radius 3 is 2.77 bits per heavy atom. The number of fused-ring (bicyclic) bond motifs is 2. The number of nitrogens with zero attached hydrogens (tertiary/aromatic N) is 3. The molecule has 2 N–H and O–H groups in total. The van der Waals surface area contributed by atoms with Gasteiger partial charge in [0.15, 0.2) is 0 Å². The standard InChI is InChI=1S/C20H22N4O2/c1-13-8-9-14(17(21)25)18(22-13)24-11-5-10-20(12-24)15-6-3-4-7-16(15)23(2)19(20)26/h3-4,6-9H,5,10-12H2,1-2H3,(H2,21,25). The predicted octanol–water partition coefficient (Wildman–Crippen LogP) is 2.00. The molecule has 4 rings (SSSR count). The van der Waals surface area contributed by atoms with E-state index in [9.17, 15) is 9.59 Å². The van der Waals surface area contributed by atoms with Crippen LogP contribution >= 0.6 is 0 Å². The summed E-state index contributed by atoms with van der Waals surface area (Å²) in [5, 5.41) is 0. The number of piperidine rings is 1. The maximum Gasteiger partial charge on any atom is 0.252 e. The summed E-state index contributed by atoms with van der Waals surface area (Å²) in [6, 6.07) is 11.5. The van der Waals surface area contributed by atoms with Crippen LogP contribution in [0.2, 0.25) is 0 Å². The van der Waals surface area contributed by atoms with Gasteiger partial charge in [-0.2, -0.15) is 0 Å². The van der Waals surface area contributed by atoms with Crippen molar-refractivity contribution in [1.82, 2.24) is 4.98 Å². The molecule has 2 aliphatic rings. The number of amides is 2. The van der Waals surface area contributed by atoms with Gasteiger partial charge in [-0.25, -0.2) is 4.98 Å². The Bertz CT molecular complexity index is 910. The van der Waals surface area contributed by atoms with Crippen LogP contribution in [0, 0.1) is 6.92 Å². The summed E-state index contributed by atoms with van der Waals surface area (Å²) < 4.78 is 0. The molecule has 1 aromatic carbocycles. The second-order valence-corrected chi connectivity index (χ2v) is 7.18. The summed E-state index contributed by atoms with van der Waals surface area (Å²) in [5.74, 6) is 0.190. The third-order valence-electron chi connectivity index (χ3n) is 5.57. The van der Waals surface area contributed by atoms with Crippen LogP contribution in [0.3, 0.4) is 0 Å². The summed E-state index contributed by atoms with van der Waals surface area (Å²) in [5.41, 5.74) is 8.22. The van der Waals surface area contributed by atoms with E-state index in [1.807, 2.05) is 43.1 Å². The van der Waals surface area contributed by atoms with Crippen molar-refractivity contribution in [1.29, 1.82) is 0 Å². The number of anilines is 2. The number of primary amides is 1. The quantitative estimate of drug-likeness (QED) is 0.898. The number of hydrogen-bond donors (Lipinski definition) is 1. The second kappa shape index (κ2) is 5.83. The molecule has 1 atom stereocenters. The Balaban J connectivity index is 1.79.